The molecule has 4 aromatic carbocycles. The first-order chi connectivity index (χ1) is 21.6. The minimum Gasteiger partial charge on any atom is -0.796 e. The van der Waals surface area contributed by atoms with Crippen molar-refractivity contribution in [2.75, 3.05) is 35.4 Å². The summed E-state index contributed by atoms with van der Waals surface area (Å²) in [6.45, 7) is 4.60. The number of anilines is 2. The minimum atomic E-state index is -4.87. The van der Waals surface area contributed by atoms with Crippen LogP contribution < -0.4 is 14.7 Å². The number of H-pyrrole nitrogens is 1. The minimum absolute atomic E-state index is 0. The molecular weight excluding hydrogens is 722 g/mol. The molecular formula is C33H31ClN3O6PSY-2. The Kier molecular flexibility index (Phi) is 12.2. The number of benzene rings is 4. The summed E-state index contributed by atoms with van der Waals surface area (Å²) >= 11 is 10.4. The average Bonchev–Trinajstić information content (AvgIpc) is 3.63. The van der Waals surface area contributed by atoms with Gasteiger partial charge in [-0.15, -0.1) is 18.1 Å². The molecule has 0 bridgehead atoms. The SMILES string of the molecule is C[S-].[CH2-]CNc1ccc(C(=O)Cc2ccc3[nH]c(C(=O)N4C[C@@H](CCl)c5c4cc(OP(=O)(O)O)c4ccccc54)cc3c2)cc1.[Y]. The first-order valence-corrected chi connectivity index (χ1v) is 16.9. The molecule has 1 atom stereocenters. The van der Waals surface area contributed by atoms with E-state index in [9.17, 15) is 23.9 Å². The molecule has 2 heterocycles. The quantitative estimate of drug-likeness (QED) is 0.0435. The van der Waals surface area contributed by atoms with Crippen molar-refractivity contribution in [1.29, 1.82) is 0 Å². The fraction of sp³-hybridized carbons (Fsp3) is 0.182. The molecule has 13 heteroatoms. The number of hydrogen-bond acceptors (Lipinski definition) is 6. The van der Waals surface area contributed by atoms with Crippen LogP contribution in [0.1, 0.15) is 37.9 Å². The number of hydrogen-bond donors (Lipinski definition) is 4. The average molecular weight is 753 g/mol. The largest absolute Gasteiger partial charge is 0.796 e. The third-order valence-corrected chi connectivity index (χ3v) is 8.40. The Balaban J connectivity index is 0.00000157. The predicted molar refractivity (Wildman–Crippen MR) is 182 cm³/mol. The topological polar surface area (TPSA) is 132 Å². The summed E-state index contributed by atoms with van der Waals surface area (Å²) < 4.78 is 16.8. The van der Waals surface area contributed by atoms with Gasteiger partial charge in [0.2, 0.25) is 0 Å². The van der Waals surface area contributed by atoms with Gasteiger partial charge < -0.3 is 39.3 Å². The van der Waals surface area contributed by atoms with Gasteiger partial charge in [0.15, 0.2) is 5.78 Å². The number of rotatable bonds is 9. The van der Waals surface area contributed by atoms with Crippen LogP contribution in [-0.2, 0) is 56.3 Å². The number of nitrogens with zero attached hydrogens (tertiary/aromatic N) is 1. The van der Waals surface area contributed by atoms with Crippen LogP contribution in [0, 0.1) is 6.92 Å². The molecule has 9 nitrogen and oxygen atoms in total. The maximum Gasteiger partial charge on any atom is 0.524 e. The second-order valence-electron chi connectivity index (χ2n) is 10.4. The number of aromatic nitrogens is 1. The van der Waals surface area contributed by atoms with E-state index in [0.29, 0.717) is 40.8 Å². The Morgan fingerprint density at radius 1 is 1.07 bits per heavy atom. The molecule has 6 rings (SSSR count). The van der Waals surface area contributed by atoms with Crippen molar-refractivity contribution < 1.29 is 61.2 Å². The van der Waals surface area contributed by atoms with Crippen LogP contribution in [0.4, 0.5) is 11.4 Å². The number of amides is 1. The molecule has 1 amide bonds. The van der Waals surface area contributed by atoms with Gasteiger partial charge in [0.05, 0.1) is 5.69 Å². The van der Waals surface area contributed by atoms with E-state index in [0.717, 1.165) is 27.7 Å². The number of phosphoric acid groups is 1. The zero-order valence-electron chi connectivity index (χ0n) is 24.9. The van der Waals surface area contributed by atoms with Crippen molar-refractivity contribution >= 4 is 76.8 Å². The van der Waals surface area contributed by atoms with E-state index < -0.39 is 7.82 Å². The number of Topliss-reactive ketones (excluding diaryl/α,β-unsaturated/α-hetero) is 1. The Labute approximate surface area is 302 Å². The second-order valence-corrected chi connectivity index (χ2v) is 11.9. The van der Waals surface area contributed by atoms with Gasteiger partial charge in [0.25, 0.3) is 5.91 Å². The van der Waals surface area contributed by atoms with Gasteiger partial charge in [-0.05, 0) is 59.0 Å². The number of ketones is 1. The molecule has 0 fully saturated rings. The predicted octanol–water partition coefficient (Wildman–Crippen LogP) is 6.61. The van der Waals surface area contributed by atoms with E-state index in [1.807, 2.05) is 42.5 Å². The smallest absolute Gasteiger partial charge is 0.524 e. The molecule has 4 N–H and O–H groups in total. The number of halogens is 1. The van der Waals surface area contributed by atoms with E-state index >= 15 is 0 Å². The molecule has 46 heavy (non-hydrogen) atoms. The Hall–Kier alpha value is -2.69. The van der Waals surface area contributed by atoms with Crippen molar-refractivity contribution in [3.63, 3.8) is 0 Å². The fourth-order valence-corrected chi connectivity index (χ4v) is 6.35. The van der Waals surface area contributed by atoms with Crippen LogP contribution in [0.25, 0.3) is 21.7 Å². The maximum atomic E-state index is 13.9. The molecule has 0 spiro atoms. The summed E-state index contributed by atoms with van der Waals surface area (Å²) in [6.07, 6.45) is 1.79. The van der Waals surface area contributed by atoms with Crippen LogP contribution in [0.5, 0.6) is 5.75 Å². The number of aromatic amines is 1. The molecule has 0 saturated carbocycles. The number of carbonyl (C=O) groups is 2. The second kappa shape index (κ2) is 15.5. The first kappa shape index (κ1) is 36.2. The van der Waals surface area contributed by atoms with Crippen molar-refractivity contribution in [2.45, 2.75) is 12.3 Å². The van der Waals surface area contributed by atoms with Crippen LogP contribution in [0.3, 0.4) is 0 Å². The number of fused-ring (bicyclic) bond motifs is 4. The van der Waals surface area contributed by atoms with E-state index in [-0.39, 0.29) is 68.4 Å². The van der Waals surface area contributed by atoms with Gasteiger partial charge in [0.1, 0.15) is 11.4 Å². The summed E-state index contributed by atoms with van der Waals surface area (Å²) in [5.41, 5.74) is 4.70. The van der Waals surface area contributed by atoms with Crippen molar-refractivity contribution in [2.24, 2.45) is 0 Å². The van der Waals surface area contributed by atoms with Crippen LogP contribution in [0.15, 0.2) is 78.9 Å². The van der Waals surface area contributed by atoms with Crippen LogP contribution in [0.2, 0.25) is 0 Å². The first-order valence-electron chi connectivity index (χ1n) is 14.0. The standard InChI is InChI=1S/C32H28ClN3O6P.CH4S.Y/c1-2-34-23-10-8-20(9-11-23)29(37)14-19-7-12-26-21(13-19)15-27(35-26)32(38)36-18-22(17-33)31-25-6-4-3-5-24(25)30(16-28(31)36)42-43(39,40)41;1-2;/h3-13,15-16,22,34-35H,1-2,14,17-18H2,(H2,39,40,41);2H,1H3;/q-1;;/p-1/t22-;;/m1../s1. The van der Waals surface area contributed by atoms with Gasteiger partial charge in [-0.2, -0.15) is 6.26 Å². The van der Waals surface area contributed by atoms with E-state index in [1.165, 1.54) is 6.07 Å². The Bertz CT molecular complexity index is 1930. The monoisotopic (exact) mass is 752 g/mol. The van der Waals surface area contributed by atoms with Gasteiger partial charge in [-0.25, -0.2) is 4.57 Å². The molecule has 237 valence electrons. The molecule has 1 aliphatic heterocycles. The van der Waals surface area contributed by atoms with Gasteiger partial charge >= 0.3 is 7.82 Å². The Morgan fingerprint density at radius 2 is 1.76 bits per heavy atom. The van der Waals surface area contributed by atoms with Crippen LogP contribution in [-0.4, -0.2) is 51.7 Å². The summed E-state index contributed by atoms with van der Waals surface area (Å²) in [7, 11) is -4.87. The van der Waals surface area contributed by atoms with Crippen molar-refractivity contribution in [3.8, 4) is 5.75 Å². The summed E-state index contributed by atoms with van der Waals surface area (Å²) in [4.78, 5) is 50.6. The zero-order chi connectivity index (χ0) is 32.3. The van der Waals surface area contributed by atoms with Crippen molar-refractivity contribution in [3.05, 3.63) is 108 Å². The number of carbonyl (C=O) groups excluding carboxylic acids is 2. The number of alkyl halides is 1. The normalized spacial score (nSPS) is 13.9. The molecule has 1 aliphatic rings. The Morgan fingerprint density at radius 3 is 2.41 bits per heavy atom. The molecule has 0 unspecified atom stereocenters. The molecule has 5 aromatic rings. The molecule has 1 radical (unpaired) electrons. The third-order valence-electron chi connectivity index (χ3n) is 7.59. The number of nitrogens with one attached hydrogen (secondary N) is 2. The maximum absolute atomic E-state index is 13.9. The third kappa shape index (κ3) is 7.71. The van der Waals surface area contributed by atoms with Crippen molar-refractivity contribution in [1.82, 2.24) is 4.98 Å². The zero-order valence-corrected chi connectivity index (χ0v) is 30.2. The fourth-order valence-electron chi connectivity index (χ4n) is 5.69. The van der Waals surface area contributed by atoms with Gasteiger partial charge in [0, 0.05) is 91.1 Å². The molecule has 0 saturated heterocycles. The molecule has 1 aromatic heterocycles. The molecule has 0 aliphatic carbocycles. The summed E-state index contributed by atoms with van der Waals surface area (Å²) in [5.74, 6) is -0.307. The summed E-state index contributed by atoms with van der Waals surface area (Å²) in [5, 5.41) is 5.12. The summed E-state index contributed by atoms with van der Waals surface area (Å²) in [6, 6.07) is 23.2. The number of phosphoric ester groups is 1. The van der Waals surface area contributed by atoms with E-state index in [4.69, 9.17) is 16.1 Å². The van der Waals surface area contributed by atoms with Crippen LogP contribution >= 0.6 is 19.4 Å². The van der Waals surface area contributed by atoms with E-state index in [2.05, 4.69) is 29.9 Å². The van der Waals surface area contributed by atoms with Gasteiger partial charge in [-0.3, -0.25) is 19.4 Å². The van der Waals surface area contributed by atoms with Gasteiger partial charge in [-0.1, -0.05) is 30.3 Å². The van der Waals surface area contributed by atoms with E-state index in [1.54, 1.807) is 41.5 Å².